The molecule has 0 aliphatic carbocycles. The molecule has 1 aromatic rings. The van der Waals surface area contributed by atoms with Gasteiger partial charge in [0, 0.05) is 16.7 Å². The van der Waals surface area contributed by atoms with Crippen molar-refractivity contribution in [2.24, 2.45) is 0 Å². The van der Waals surface area contributed by atoms with E-state index in [0.29, 0.717) is 0 Å². The van der Waals surface area contributed by atoms with Crippen LogP contribution in [0.1, 0.15) is 62.2 Å². The number of hydrogen-bond acceptors (Lipinski definition) is 4. The molecule has 0 heterocycles. The SMILES string of the molecule is CC(=O)c1cc(C(C)=O)c(C(=O)O)cc1C(C)=O. The largest absolute Gasteiger partial charge is 0.478 e. The van der Waals surface area contributed by atoms with Crippen LogP contribution in [0.2, 0.25) is 0 Å². The summed E-state index contributed by atoms with van der Waals surface area (Å²) in [6, 6.07) is 2.25. The first kappa shape index (κ1) is 13.8. The fourth-order valence-electron chi connectivity index (χ4n) is 1.65. The quantitative estimate of drug-likeness (QED) is 0.823. The molecule has 18 heavy (non-hydrogen) atoms. The molecule has 1 rings (SSSR count). The van der Waals surface area contributed by atoms with E-state index in [-0.39, 0.29) is 28.0 Å². The molecular weight excluding hydrogens is 236 g/mol. The van der Waals surface area contributed by atoms with Crippen LogP contribution in [0, 0.1) is 0 Å². The van der Waals surface area contributed by atoms with Gasteiger partial charge in [0.1, 0.15) is 0 Å². The number of aromatic carboxylic acids is 1. The summed E-state index contributed by atoms with van der Waals surface area (Å²) in [5, 5.41) is 9.00. The number of ketones is 3. The van der Waals surface area contributed by atoms with Gasteiger partial charge in [-0.3, -0.25) is 14.4 Å². The Labute approximate surface area is 103 Å². The van der Waals surface area contributed by atoms with Crippen molar-refractivity contribution in [2.75, 3.05) is 0 Å². The van der Waals surface area contributed by atoms with Crippen LogP contribution in [0.15, 0.2) is 12.1 Å². The molecule has 0 spiro atoms. The third-order valence-corrected chi connectivity index (χ3v) is 2.53. The van der Waals surface area contributed by atoms with Gasteiger partial charge in [-0.25, -0.2) is 4.79 Å². The Bertz CT molecular complexity index is 471. The smallest absolute Gasteiger partial charge is 0.336 e. The van der Waals surface area contributed by atoms with Gasteiger partial charge in [-0.1, -0.05) is 0 Å². The van der Waals surface area contributed by atoms with Gasteiger partial charge in [-0.05, 0) is 32.9 Å². The minimum Gasteiger partial charge on any atom is -0.478 e. The molecule has 5 nitrogen and oxygen atoms in total. The fourth-order valence-corrected chi connectivity index (χ4v) is 1.65. The Morgan fingerprint density at radius 3 is 1.28 bits per heavy atom. The summed E-state index contributed by atoms with van der Waals surface area (Å²) < 4.78 is 0. The van der Waals surface area contributed by atoms with E-state index < -0.39 is 17.5 Å². The Hall–Kier alpha value is -2.30. The van der Waals surface area contributed by atoms with Crippen LogP contribution in [0.4, 0.5) is 0 Å². The minimum atomic E-state index is -1.31. The number of benzene rings is 1. The maximum atomic E-state index is 11.4. The van der Waals surface area contributed by atoms with E-state index in [1.807, 2.05) is 0 Å². The average molecular weight is 248 g/mol. The Morgan fingerprint density at radius 1 is 0.722 bits per heavy atom. The molecule has 0 aliphatic heterocycles. The average Bonchev–Trinajstić information content (AvgIpc) is 2.26. The molecule has 0 saturated heterocycles. The predicted molar refractivity (Wildman–Crippen MR) is 63.4 cm³/mol. The molecule has 1 N–H and O–H groups in total. The van der Waals surface area contributed by atoms with Crippen molar-refractivity contribution in [1.29, 1.82) is 0 Å². The van der Waals surface area contributed by atoms with Crippen LogP contribution < -0.4 is 0 Å². The normalized spacial score (nSPS) is 9.94. The van der Waals surface area contributed by atoms with E-state index in [0.717, 1.165) is 6.07 Å². The molecule has 5 heteroatoms. The summed E-state index contributed by atoms with van der Waals surface area (Å²) >= 11 is 0. The van der Waals surface area contributed by atoms with Gasteiger partial charge in [-0.2, -0.15) is 0 Å². The summed E-state index contributed by atoms with van der Waals surface area (Å²) in [4.78, 5) is 45.2. The van der Waals surface area contributed by atoms with Gasteiger partial charge in [0.05, 0.1) is 5.56 Å². The summed E-state index contributed by atoms with van der Waals surface area (Å²) in [5.74, 6) is -2.58. The van der Waals surface area contributed by atoms with Crippen LogP contribution in [-0.4, -0.2) is 28.4 Å². The predicted octanol–water partition coefficient (Wildman–Crippen LogP) is 1.99. The van der Waals surface area contributed by atoms with Crippen LogP contribution in [0.5, 0.6) is 0 Å². The van der Waals surface area contributed by atoms with E-state index in [2.05, 4.69) is 0 Å². The standard InChI is InChI=1S/C13H12O5/c1-6(14)9-4-11(8(3)16)12(13(17)18)5-10(9)7(2)15/h4-5H,1-3H3,(H,17,18). The zero-order valence-electron chi connectivity index (χ0n) is 10.2. The number of carboxylic acids is 1. The summed E-state index contributed by atoms with van der Waals surface area (Å²) in [6.45, 7) is 3.70. The lowest BCUT2D eigenvalue weighted by molar-refractivity contribution is 0.0691. The minimum absolute atomic E-state index is 0.0184. The second-order valence-corrected chi connectivity index (χ2v) is 3.92. The van der Waals surface area contributed by atoms with Gasteiger partial charge >= 0.3 is 5.97 Å². The molecule has 0 fully saturated rings. The molecule has 0 aromatic heterocycles. The van der Waals surface area contributed by atoms with Crippen LogP contribution in [0.3, 0.4) is 0 Å². The van der Waals surface area contributed by atoms with E-state index in [1.165, 1.54) is 26.8 Å². The Balaban J connectivity index is 3.71. The topological polar surface area (TPSA) is 88.5 Å². The van der Waals surface area contributed by atoms with Gasteiger partial charge in [0.25, 0.3) is 0 Å². The molecule has 0 radical (unpaired) electrons. The van der Waals surface area contributed by atoms with Crippen molar-refractivity contribution < 1.29 is 24.3 Å². The van der Waals surface area contributed by atoms with E-state index in [4.69, 9.17) is 5.11 Å². The zero-order valence-corrected chi connectivity index (χ0v) is 10.2. The first-order valence-electron chi connectivity index (χ1n) is 5.19. The molecule has 0 saturated carbocycles. The molecule has 0 amide bonds. The number of carbonyl (C=O) groups excluding carboxylic acids is 3. The molecular formula is C13H12O5. The van der Waals surface area contributed by atoms with Crippen molar-refractivity contribution in [1.82, 2.24) is 0 Å². The second-order valence-electron chi connectivity index (χ2n) is 3.92. The number of carboxylic acid groups (broad SMARTS) is 1. The molecule has 0 unspecified atom stereocenters. The maximum absolute atomic E-state index is 11.4. The van der Waals surface area contributed by atoms with Crippen LogP contribution in [0.25, 0.3) is 0 Å². The Morgan fingerprint density at radius 2 is 1.00 bits per heavy atom. The number of carbonyl (C=O) groups is 4. The highest BCUT2D eigenvalue weighted by atomic mass is 16.4. The lowest BCUT2D eigenvalue weighted by Gasteiger charge is -2.09. The summed E-state index contributed by atoms with van der Waals surface area (Å²) in [6.07, 6.45) is 0. The lowest BCUT2D eigenvalue weighted by Crippen LogP contribution is -2.13. The third kappa shape index (κ3) is 2.51. The van der Waals surface area contributed by atoms with Gasteiger partial charge in [0.15, 0.2) is 17.3 Å². The van der Waals surface area contributed by atoms with Gasteiger partial charge < -0.3 is 5.11 Å². The highest BCUT2D eigenvalue weighted by Gasteiger charge is 2.21. The van der Waals surface area contributed by atoms with Crippen molar-refractivity contribution in [3.63, 3.8) is 0 Å². The van der Waals surface area contributed by atoms with Crippen molar-refractivity contribution in [3.8, 4) is 0 Å². The van der Waals surface area contributed by atoms with Crippen molar-refractivity contribution in [2.45, 2.75) is 20.8 Å². The lowest BCUT2D eigenvalue weighted by atomic mass is 9.93. The maximum Gasteiger partial charge on any atom is 0.336 e. The van der Waals surface area contributed by atoms with Gasteiger partial charge in [-0.15, -0.1) is 0 Å². The zero-order chi connectivity index (χ0) is 14.0. The molecule has 94 valence electrons. The highest BCUT2D eigenvalue weighted by Crippen LogP contribution is 2.19. The first-order valence-corrected chi connectivity index (χ1v) is 5.19. The third-order valence-electron chi connectivity index (χ3n) is 2.53. The molecule has 0 atom stereocenters. The van der Waals surface area contributed by atoms with E-state index >= 15 is 0 Å². The monoisotopic (exact) mass is 248 g/mol. The van der Waals surface area contributed by atoms with E-state index in [1.54, 1.807) is 0 Å². The first-order chi connectivity index (χ1) is 8.25. The number of hydrogen-bond donors (Lipinski definition) is 1. The van der Waals surface area contributed by atoms with Crippen molar-refractivity contribution in [3.05, 3.63) is 34.4 Å². The van der Waals surface area contributed by atoms with Crippen LogP contribution in [-0.2, 0) is 0 Å². The Kier molecular flexibility index (Phi) is 3.76. The summed E-state index contributed by atoms with van der Waals surface area (Å²) in [7, 11) is 0. The number of rotatable bonds is 4. The van der Waals surface area contributed by atoms with Crippen LogP contribution >= 0.6 is 0 Å². The fraction of sp³-hybridized carbons (Fsp3) is 0.231. The molecule has 0 bridgehead atoms. The van der Waals surface area contributed by atoms with E-state index in [9.17, 15) is 19.2 Å². The molecule has 1 aromatic carbocycles. The second kappa shape index (κ2) is 4.91. The molecule has 0 aliphatic rings. The van der Waals surface area contributed by atoms with Gasteiger partial charge in [0.2, 0.25) is 0 Å². The number of Topliss-reactive ketones (excluding diaryl/α,β-unsaturated/α-hetero) is 3. The highest BCUT2D eigenvalue weighted by molar-refractivity contribution is 6.12. The summed E-state index contributed by atoms with van der Waals surface area (Å²) in [5.41, 5.74) is -0.252. The van der Waals surface area contributed by atoms with Crippen molar-refractivity contribution >= 4 is 23.3 Å².